The van der Waals surface area contributed by atoms with E-state index in [0.29, 0.717) is 29.4 Å². The molecule has 0 bridgehead atoms. The van der Waals surface area contributed by atoms with E-state index in [2.05, 4.69) is 10.6 Å². The van der Waals surface area contributed by atoms with Crippen LogP contribution in [0.3, 0.4) is 0 Å². The van der Waals surface area contributed by atoms with Crippen molar-refractivity contribution in [3.05, 3.63) is 48.0 Å². The number of benzene rings is 2. The van der Waals surface area contributed by atoms with Crippen molar-refractivity contribution in [1.82, 2.24) is 5.32 Å². The first-order valence-electron chi connectivity index (χ1n) is 9.07. The number of carbonyl (C=O) groups excluding carboxylic acids is 2. The molecule has 1 saturated carbocycles. The Kier molecular flexibility index (Phi) is 4.83. The Morgan fingerprint density at radius 1 is 1.18 bits per heavy atom. The van der Waals surface area contributed by atoms with Gasteiger partial charge in [0.05, 0.1) is 0 Å². The van der Waals surface area contributed by atoms with E-state index < -0.39 is 11.8 Å². The lowest BCUT2D eigenvalue weighted by molar-refractivity contribution is -0.136. The predicted molar refractivity (Wildman–Crippen MR) is 114 cm³/mol. The van der Waals surface area contributed by atoms with Crippen LogP contribution >= 0.6 is 11.3 Å². The van der Waals surface area contributed by atoms with Crippen molar-refractivity contribution >= 4 is 50.8 Å². The van der Waals surface area contributed by atoms with Crippen molar-refractivity contribution in [3.8, 4) is 10.4 Å². The van der Waals surface area contributed by atoms with Crippen LogP contribution in [-0.2, 0) is 9.59 Å². The average Bonchev–Trinajstić information content (AvgIpc) is 3.43. The van der Waals surface area contributed by atoms with E-state index in [1.54, 1.807) is 23.5 Å². The molecule has 6 nitrogen and oxygen atoms in total. The second-order valence-electron chi connectivity index (χ2n) is 6.93. The third-order valence-corrected chi connectivity index (χ3v) is 5.92. The normalized spacial score (nSPS) is 13.3. The Balaban J connectivity index is 1.62. The number of anilines is 2. The van der Waals surface area contributed by atoms with Crippen LogP contribution in [-0.4, -0.2) is 24.6 Å². The fourth-order valence-corrected chi connectivity index (χ4v) is 4.11. The Morgan fingerprint density at radius 2 is 1.96 bits per heavy atom. The summed E-state index contributed by atoms with van der Waals surface area (Å²) in [6.07, 6.45) is 3.34. The predicted octanol–water partition coefficient (Wildman–Crippen LogP) is 3.61. The van der Waals surface area contributed by atoms with Gasteiger partial charge in [-0.15, -0.1) is 11.3 Å². The number of hydrogen-bond acceptors (Lipinski definition) is 5. The van der Waals surface area contributed by atoms with Crippen LogP contribution in [0.4, 0.5) is 11.4 Å². The van der Waals surface area contributed by atoms with Gasteiger partial charge in [-0.3, -0.25) is 9.59 Å². The molecule has 1 aliphatic carbocycles. The van der Waals surface area contributed by atoms with Crippen LogP contribution in [0.15, 0.2) is 42.5 Å². The highest BCUT2D eigenvalue weighted by molar-refractivity contribution is 7.22. The molecule has 1 aromatic heterocycles. The van der Waals surface area contributed by atoms with Crippen molar-refractivity contribution in [2.24, 2.45) is 5.92 Å². The lowest BCUT2D eigenvalue weighted by Gasteiger charge is -2.12. The molecule has 0 radical (unpaired) electrons. The molecule has 1 aliphatic rings. The van der Waals surface area contributed by atoms with E-state index in [4.69, 9.17) is 11.1 Å². The van der Waals surface area contributed by atoms with Crippen LogP contribution in [0, 0.1) is 11.3 Å². The molecular formula is C21H20N4O2S. The van der Waals surface area contributed by atoms with Gasteiger partial charge < -0.3 is 21.8 Å². The van der Waals surface area contributed by atoms with Gasteiger partial charge in [-0.2, -0.15) is 0 Å². The van der Waals surface area contributed by atoms with Gasteiger partial charge in [-0.1, -0.05) is 18.2 Å². The van der Waals surface area contributed by atoms with Gasteiger partial charge in [-0.25, -0.2) is 0 Å². The molecule has 142 valence electrons. The lowest BCUT2D eigenvalue weighted by atomic mass is 10.0. The first kappa shape index (κ1) is 18.2. The van der Waals surface area contributed by atoms with Gasteiger partial charge in [0.25, 0.3) is 0 Å². The molecule has 0 spiro atoms. The van der Waals surface area contributed by atoms with Crippen LogP contribution in [0.5, 0.6) is 0 Å². The van der Waals surface area contributed by atoms with Gasteiger partial charge in [0.1, 0.15) is 0 Å². The maximum Gasteiger partial charge on any atom is 0.313 e. The molecule has 4 rings (SSSR count). The van der Waals surface area contributed by atoms with Gasteiger partial charge in [0.2, 0.25) is 0 Å². The number of nitrogens with one attached hydrogen (secondary N) is 3. The number of amides is 2. The highest BCUT2D eigenvalue weighted by Crippen LogP contribution is 2.38. The average molecular weight is 392 g/mol. The molecule has 0 atom stereocenters. The minimum atomic E-state index is -0.719. The number of hydrogen-bond donors (Lipinski definition) is 4. The molecule has 0 saturated heterocycles. The number of fused-ring (bicyclic) bond motifs is 1. The first-order chi connectivity index (χ1) is 13.5. The second-order valence-corrected chi connectivity index (χ2v) is 8.01. The molecule has 7 heteroatoms. The quantitative estimate of drug-likeness (QED) is 0.302. The Labute approximate surface area is 166 Å². The van der Waals surface area contributed by atoms with Crippen molar-refractivity contribution in [3.63, 3.8) is 0 Å². The Morgan fingerprint density at radius 3 is 2.68 bits per heavy atom. The maximum atomic E-state index is 12.2. The van der Waals surface area contributed by atoms with E-state index in [-0.39, 0.29) is 0 Å². The third kappa shape index (κ3) is 3.75. The van der Waals surface area contributed by atoms with Gasteiger partial charge in [-0.05, 0) is 48.4 Å². The molecule has 2 amide bonds. The fourth-order valence-electron chi connectivity index (χ4n) is 3.01. The molecule has 2 aromatic carbocycles. The van der Waals surface area contributed by atoms with Crippen molar-refractivity contribution in [2.75, 3.05) is 17.6 Å². The first-order valence-corrected chi connectivity index (χ1v) is 9.89. The second kappa shape index (κ2) is 7.44. The number of nitrogens with two attached hydrogens (primary N) is 1. The number of rotatable bonds is 5. The lowest BCUT2D eigenvalue weighted by Crippen LogP contribution is -2.36. The van der Waals surface area contributed by atoms with Gasteiger partial charge in [0.15, 0.2) is 0 Å². The molecule has 0 unspecified atom stereocenters. The van der Waals surface area contributed by atoms with E-state index >= 15 is 0 Å². The Hall–Kier alpha value is -3.19. The highest BCUT2D eigenvalue weighted by Gasteiger charge is 2.23. The van der Waals surface area contributed by atoms with Crippen LogP contribution in [0.25, 0.3) is 20.5 Å². The summed E-state index contributed by atoms with van der Waals surface area (Å²) in [5.41, 5.74) is 8.39. The topological polar surface area (TPSA) is 108 Å². The zero-order valence-electron chi connectivity index (χ0n) is 15.1. The van der Waals surface area contributed by atoms with Crippen LogP contribution in [0.2, 0.25) is 0 Å². The Bertz CT molecular complexity index is 1050. The third-order valence-electron chi connectivity index (χ3n) is 4.77. The summed E-state index contributed by atoms with van der Waals surface area (Å²) >= 11 is 1.59. The molecule has 0 aliphatic heterocycles. The summed E-state index contributed by atoms with van der Waals surface area (Å²) in [6, 6.07) is 13.4. The highest BCUT2D eigenvalue weighted by atomic mass is 32.1. The minimum Gasteiger partial charge on any atom is -0.398 e. The number of carbonyl (C=O) groups is 2. The maximum absolute atomic E-state index is 12.2. The van der Waals surface area contributed by atoms with E-state index in [1.807, 2.05) is 30.3 Å². The van der Waals surface area contributed by atoms with Crippen LogP contribution in [0.1, 0.15) is 18.4 Å². The SMILES string of the molecule is N=Cc1cc(NC(=O)C(=O)NCC2CC2)cc(-c2cc3ccccc3s2)c1N. The molecule has 5 N–H and O–H groups in total. The zero-order chi connectivity index (χ0) is 19.7. The van der Waals surface area contributed by atoms with Crippen molar-refractivity contribution in [2.45, 2.75) is 12.8 Å². The van der Waals surface area contributed by atoms with E-state index in [1.165, 1.54) is 0 Å². The summed E-state index contributed by atoms with van der Waals surface area (Å²) in [7, 11) is 0. The van der Waals surface area contributed by atoms with Gasteiger partial charge in [0, 0.05) is 44.8 Å². The molecule has 28 heavy (non-hydrogen) atoms. The molecule has 1 fully saturated rings. The molecular weight excluding hydrogens is 372 g/mol. The number of thiophene rings is 1. The summed E-state index contributed by atoms with van der Waals surface area (Å²) in [5.74, 6) is -0.871. The standard InChI is InChI=1S/C21H20N4O2S/c22-10-14-7-15(25-21(27)20(26)24-11-12-5-6-12)9-16(19(14)23)18-8-13-3-1-2-4-17(13)28-18/h1-4,7-10,12,22H,5-6,11,23H2,(H,24,26)(H,25,27). The monoisotopic (exact) mass is 392 g/mol. The zero-order valence-corrected chi connectivity index (χ0v) is 15.9. The molecule has 1 heterocycles. The van der Waals surface area contributed by atoms with Crippen LogP contribution < -0.4 is 16.4 Å². The fraction of sp³-hybridized carbons (Fsp3) is 0.190. The summed E-state index contributed by atoms with van der Waals surface area (Å²) in [5, 5.41) is 14.0. The summed E-state index contributed by atoms with van der Waals surface area (Å²) in [4.78, 5) is 25.1. The molecule has 3 aromatic rings. The summed E-state index contributed by atoms with van der Waals surface area (Å²) < 4.78 is 1.13. The van der Waals surface area contributed by atoms with Crippen molar-refractivity contribution in [1.29, 1.82) is 5.41 Å². The minimum absolute atomic E-state index is 0.437. The smallest absolute Gasteiger partial charge is 0.313 e. The summed E-state index contributed by atoms with van der Waals surface area (Å²) in [6.45, 7) is 0.534. The largest absolute Gasteiger partial charge is 0.398 e. The van der Waals surface area contributed by atoms with E-state index in [0.717, 1.165) is 39.6 Å². The van der Waals surface area contributed by atoms with E-state index in [9.17, 15) is 9.59 Å². The van der Waals surface area contributed by atoms with Gasteiger partial charge >= 0.3 is 11.8 Å². The number of nitrogen functional groups attached to an aromatic ring is 1. The van der Waals surface area contributed by atoms with Crippen molar-refractivity contribution < 1.29 is 9.59 Å².